The lowest BCUT2D eigenvalue weighted by atomic mass is 9.81. The van der Waals surface area contributed by atoms with Crippen LogP contribution in [0, 0.1) is 0 Å². The minimum atomic E-state index is -0.181. The minimum Gasteiger partial charge on any atom is -0.309 e. The van der Waals surface area contributed by atoms with Crippen LogP contribution in [0.3, 0.4) is 0 Å². The van der Waals surface area contributed by atoms with Gasteiger partial charge in [-0.3, -0.25) is 4.98 Å². The standard InChI is InChI=1S/C38H27N3/c1-38(2)29-17-9-6-14-26(29)32-33-27-15-7-10-18-30(27)40(25-20-22-39-23-21-25)36(33)34-28-16-8-11-19-31(28)41(37(34)35(32)38)24-12-4-3-5-13-24/h3-23H,1-2H3. The monoisotopic (exact) mass is 525 g/mol. The highest BCUT2D eigenvalue weighted by Gasteiger charge is 2.41. The van der Waals surface area contributed by atoms with Crippen molar-refractivity contribution in [3.05, 3.63) is 139 Å². The van der Waals surface area contributed by atoms with Crippen molar-refractivity contribution in [1.29, 1.82) is 0 Å². The van der Waals surface area contributed by atoms with E-state index in [0.717, 1.165) is 5.69 Å². The van der Waals surface area contributed by atoms with Crippen molar-refractivity contribution in [3.63, 3.8) is 0 Å². The molecule has 3 heteroatoms. The van der Waals surface area contributed by atoms with E-state index in [1.54, 1.807) is 0 Å². The number of rotatable bonds is 2. The van der Waals surface area contributed by atoms with Gasteiger partial charge in [-0.05, 0) is 58.7 Å². The summed E-state index contributed by atoms with van der Waals surface area (Å²) >= 11 is 0. The minimum absolute atomic E-state index is 0.181. The van der Waals surface area contributed by atoms with Crippen molar-refractivity contribution in [1.82, 2.24) is 14.1 Å². The van der Waals surface area contributed by atoms with E-state index < -0.39 is 0 Å². The van der Waals surface area contributed by atoms with Gasteiger partial charge >= 0.3 is 0 Å². The van der Waals surface area contributed by atoms with Crippen LogP contribution >= 0.6 is 0 Å². The van der Waals surface area contributed by atoms with Gasteiger partial charge < -0.3 is 9.13 Å². The maximum Gasteiger partial charge on any atom is 0.0647 e. The summed E-state index contributed by atoms with van der Waals surface area (Å²) in [6.07, 6.45) is 3.79. The van der Waals surface area contributed by atoms with Crippen LogP contribution in [0.15, 0.2) is 128 Å². The third-order valence-electron chi connectivity index (χ3n) is 9.15. The Labute approximate surface area is 237 Å². The Bertz CT molecular complexity index is 2320. The summed E-state index contributed by atoms with van der Waals surface area (Å²) in [4.78, 5) is 4.36. The van der Waals surface area contributed by atoms with Gasteiger partial charge in [-0.25, -0.2) is 0 Å². The van der Waals surface area contributed by atoms with Crippen LogP contribution in [0.4, 0.5) is 0 Å². The molecule has 3 nitrogen and oxygen atoms in total. The molecule has 0 atom stereocenters. The molecule has 8 aromatic rings. The molecule has 0 N–H and O–H groups in total. The number of hydrogen-bond donors (Lipinski definition) is 0. The van der Waals surface area contributed by atoms with Gasteiger partial charge in [0, 0.05) is 50.7 Å². The van der Waals surface area contributed by atoms with Crippen LogP contribution in [-0.4, -0.2) is 14.1 Å². The van der Waals surface area contributed by atoms with Gasteiger partial charge in [0.05, 0.1) is 22.1 Å². The number of nitrogens with zero attached hydrogens (tertiary/aromatic N) is 3. The fraction of sp³-hybridized carbons (Fsp3) is 0.0789. The maximum absolute atomic E-state index is 4.36. The van der Waals surface area contributed by atoms with Crippen molar-refractivity contribution >= 4 is 43.6 Å². The summed E-state index contributed by atoms with van der Waals surface area (Å²) in [6, 6.07) is 41.9. The smallest absolute Gasteiger partial charge is 0.0647 e. The first kappa shape index (κ1) is 22.6. The predicted molar refractivity (Wildman–Crippen MR) is 170 cm³/mol. The normalized spacial score (nSPS) is 13.8. The Kier molecular flexibility index (Phi) is 4.39. The van der Waals surface area contributed by atoms with Crippen molar-refractivity contribution in [2.75, 3.05) is 0 Å². The van der Waals surface area contributed by atoms with E-state index in [9.17, 15) is 0 Å². The lowest BCUT2D eigenvalue weighted by Crippen LogP contribution is -2.16. The lowest BCUT2D eigenvalue weighted by Gasteiger charge is -2.24. The average molecular weight is 526 g/mol. The lowest BCUT2D eigenvalue weighted by molar-refractivity contribution is 0.664. The molecule has 0 amide bonds. The molecule has 0 fully saturated rings. The van der Waals surface area contributed by atoms with Crippen LogP contribution < -0.4 is 0 Å². The fourth-order valence-electron chi connectivity index (χ4n) is 7.55. The van der Waals surface area contributed by atoms with E-state index in [-0.39, 0.29) is 5.41 Å². The van der Waals surface area contributed by atoms with Crippen LogP contribution in [0.5, 0.6) is 0 Å². The summed E-state index contributed by atoms with van der Waals surface area (Å²) in [5.74, 6) is 0. The zero-order valence-electron chi connectivity index (χ0n) is 23.0. The first-order valence-corrected chi connectivity index (χ1v) is 14.2. The van der Waals surface area contributed by atoms with E-state index in [1.165, 1.54) is 71.6 Å². The first-order chi connectivity index (χ1) is 20.2. The molecule has 3 aromatic heterocycles. The van der Waals surface area contributed by atoms with Gasteiger partial charge in [-0.2, -0.15) is 0 Å². The molecule has 194 valence electrons. The van der Waals surface area contributed by atoms with E-state index in [2.05, 4.69) is 143 Å². The molecule has 1 aliphatic carbocycles. The third-order valence-corrected chi connectivity index (χ3v) is 9.15. The summed E-state index contributed by atoms with van der Waals surface area (Å²) in [5.41, 5.74) is 12.6. The molecule has 0 saturated carbocycles. The van der Waals surface area contributed by atoms with Gasteiger partial charge in [-0.15, -0.1) is 0 Å². The first-order valence-electron chi connectivity index (χ1n) is 14.2. The topological polar surface area (TPSA) is 22.8 Å². The molecule has 0 spiro atoms. The Morgan fingerprint density at radius 3 is 1.83 bits per heavy atom. The summed E-state index contributed by atoms with van der Waals surface area (Å²) in [6.45, 7) is 4.80. The number of hydrogen-bond acceptors (Lipinski definition) is 1. The zero-order chi connectivity index (χ0) is 27.3. The molecular weight excluding hydrogens is 498 g/mol. The number of fused-ring (bicyclic) bond motifs is 12. The SMILES string of the molecule is CC1(C)c2ccccc2-c2c1c1c(c3ccccc3n1-c1ccccc1)c1c2c2ccccc2n1-c1ccncc1. The van der Waals surface area contributed by atoms with Gasteiger partial charge in [0.2, 0.25) is 0 Å². The Morgan fingerprint density at radius 1 is 0.537 bits per heavy atom. The Balaban J connectivity index is 1.68. The average Bonchev–Trinajstić information content (AvgIpc) is 3.62. The maximum atomic E-state index is 4.36. The second-order valence-corrected chi connectivity index (χ2v) is 11.6. The second kappa shape index (κ2) is 7.96. The van der Waals surface area contributed by atoms with Crippen molar-refractivity contribution in [2.45, 2.75) is 19.3 Å². The van der Waals surface area contributed by atoms with E-state index >= 15 is 0 Å². The fourth-order valence-corrected chi connectivity index (χ4v) is 7.55. The molecule has 1 aliphatic rings. The highest BCUT2D eigenvalue weighted by Crippen LogP contribution is 2.58. The Hall–Kier alpha value is -5.15. The Morgan fingerprint density at radius 2 is 1.10 bits per heavy atom. The van der Waals surface area contributed by atoms with Gasteiger partial charge in [-0.1, -0.05) is 92.7 Å². The summed E-state index contributed by atoms with van der Waals surface area (Å²) in [5, 5.41) is 5.17. The zero-order valence-corrected chi connectivity index (χ0v) is 23.0. The van der Waals surface area contributed by atoms with Gasteiger partial charge in [0.25, 0.3) is 0 Å². The van der Waals surface area contributed by atoms with Crippen molar-refractivity contribution in [3.8, 4) is 22.5 Å². The molecule has 5 aromatic carbocycles. The highest BCUT2D eigenvalue weighted by atomic mass is 15.0. The van der Waals surface area contributed by atoms with Crippen LogP contribution in [-0.2, 0) is 5.41 Å². The van der Waals surface area contributed by atoms with E-state index in [0.29, 0.717) is 0 Å². The number of aromatic nitrogens is 3. The quantitative estimate of drug-likeness (QED) is 0.220. The van der Waals surface area contributed by atoms with Gasteiger partial charge in [0.15, 0.2) is 0 Å². The number of pyridine rings is 1. The predicted octanol–water partition coefficient (Wildman–Crippen LogP) is 9.58. The van der Waals surface area contributed by atoms with Crippen molar-refractivity contribution < 1.29 is 0 Å². The number of para-hydroxylation sites is 3. The summed E-state index contributed by atoms with van der Waals surface area (Å²) < 4.78 is 4.97. The molecule has 0 saturated heterocycles. The van der Waals surface area contributed by atoms with Gasteiger partial charge in [0.1, 0.15) is 0 Å². The third kappa shape index (κ3) is 2.80. The van der Waals surface area contributed by atoms with Crippen LogP contribution in [0.2, 0.25) is 0 Å². The van der Waals surface area contributed by atoms with E-state index in [4.69, 9.17) is 0 Å². The van der Waals surface area contributed by atoms with Crippen LogP contribution in [0.25, 0.3) is 66.1 Å². The molecule has 0 unspecified atom stereocenters. The molecule has 41 heavy (non-hydrogen) atoms. The van der Waals surface area contributed by atoms with Crippen LogP contribution in [0.1, 0.15) is 25.0 Å². The molecule has 3 heterocycles. The molecule has 9 rings (SSSR count). The molecule has 0 aliphatic heterocycles. The number of benzene rings is 5. The van der Waals surface area contributed by atoms with E-state index in [1.807, 2.05) is 12.4 Å². The molecular formula is C38H27N3. The highest BCUT2D eigenvalue weighted by molar-refractivity contribution is 6.32. The second-order valence-electron chi connectivity index (χ2n) is 11.6. The summed E-state index contributed by atoms with van der Waals surface area (Å²) in [7, 11) is 0. The molecule has 0 radical (unpaired) electrons. The largest absolute Gasteiger partial charge is 0.309 e. The van der Waals surface area contributed by atoms with Crippen molar-refractivity contribution in [2.24, 2.45) is 0 Å². The molecule has 0 bridgehead atoms.